The van der Waals surface area contributed by atoms with Crippen LogP contribution in [0.25, 0.3) is 0 Å². The first-order valence-electron chi connectivity index (χ1n) is 5.65. The molecule has 2 fully saturated rings. The van der Waals surface area contributed by atoms with Crippen molar-refractivity contribution in [1.82, 2.24) is 4.90 Å². The van der Waals surface area contributed by atoms with Gasteiger partial charge in [-0.05, 0) is 44.7 Å². The van der Waals surface area contributed by atoms with Crippen LogP contribution in [0.2, 0.25) is 0 Å². The summed E-state index contributed by atoms with van der Waals surface area (Å²) >= 11 is 0. The topological polar surface area (TPSA) is 40.5 Å². The zero-order chi connectivity index (χ0) is 10.1. The van der Waals surface area contributed by atoms with Gasteiger partial charge in [0.05, 0.1) is 5.92 Å². The molecule has 1 aliphatic heterocycles. The number of carboxylic acids is 1. The predicted molar refractivity (Wildman–Crippen MR) is 54.1 cm³/mol. The van der Waals surface area contributed by atoms with Crippen molar-refractivity contribution in [2.24, 2.45) is 11.8 Å². The highest BCUT2D eigenvalue weighted by Gasteiger charge is 2.34. The first-order valence-corrected chi connectivity index (χ1v) is 5.65. The number of carboxylic acid groups (broad SMARTS) is 1. The van der Waals surface area contributed by atoms with E-state index in [4.69, 9.17) is 5.11 Å². The summed E-state index contributed by atoms with van der Waals surface area (Å²) in [5, 5.41) is 8.91. The quantitative estimate of drug-likeness (QED) is 0.746. The largest absolute Gasteiger partial charge is 0.481 e. The smallest absolute Gasteiger partial charge is 0.306 e. The van der Waals surface area contributed by atoms with Gasteiger partial charge in [-0.3, -0.25) is 4.79 Å². The minimum Gasteiger partial charge on any atom is -0.481 e. The SMILES string of the molecule is CC(C(=O)O)C1CCN(C2CC2)CC1. The van der Waals surface area contributed by atoms with Crippen LogP contribution in [0.5, 0.6) is 0 Å². The molecular formula is C11H19NO2. The molecule has 1 aliphatic carbocycles. The number of carbonyl (C=O) groups is 1. The van der Waals surface area contributed by atoms with Gasteiger partial charge < -0.3 is 10.0 Å². The Morgan fingerprint density at radius 2 is 1.86 bits per heavy atom. The molecule has 1 saturated carbocycles. The zero-order valence-corrected chi connectivity index (χ0v) is 8.78. The Hall–Kier alpha value is -0.570. The second-order valence-corrected chi connectivity index (χ2v) is 4.73. The number of nitrogens with zero attached hydrogens (tertiary/aromatic N) is 1. The van der Waals surface area contributed by atoms with Gasteiger partial charge in [-0.15, -0.1) is 0 Å². The molecule has 0 radical (unpaired) electrons. The number of hydrogen-bond donors (Lipinski definition) is 1. The number of likely N-dealkylation sites (tertiary alicyclic amines) is 1. The molecule has 2 rings (SSSR count). The number of rotatable bonds is 3. The molecule has 2 aliphatic rings. The molecule has 0 amide bonds. The Bertz CT molecular complexity index is 217. The maximum absolute atomic E-state index is 10.8. The zero-order valence-electron chi connectivity index (χ0n) is 8.78. The molecule has 80 valence electrons. The van der Waals surface area contributed by atoms with Gasteiger partial charge in [0.2, 0.25) is 0 Å². The Kier molecular flexibility index (Phi) is 2.77. The molecule has 1 heterocycles. The van der Waals surface area contributed by atoms with Gasteiger partial charge in [0.15, 0.2) is 0 Å². The molecule has 14 heavy (non-hydrogen) atoms. The van der Waals surface area contributed by atoms with E-state index in [9.17, 15) is 4.79 Å². The van der Waals surface area contributed by atoms with Gasteiger partial charge in [0, 0.05) is 6.04 Å². The highest BCUT2D eigenvalue weighted by atomic mass is 16.4. The van der Waals surface area contributed by atoms with Gasteiger partial charge in [0.25, 0.3) is 0 Å². The molecule has 3 heteroatoms. The fourth-order valence-electron chi connectivity index (χ4n) is 2.43. The van der Waals surface area contributed by atoms with Crippen LogP contribution in [0.3, 0.4) is 0 Å². The predicted octanol–water partition coefficient (Wildman–Crippen LogP) is 1.58. The minimum atomic E-state index is -0.630. The van der Waals surface area contributed by atoms with Crippen molar-refractivity contribution in [2.75, 3.05) is 13.1 Å². The fourth-order valence-corrected chi connectivity index (χ4v) is 2.43. The number of piperidine rings is 1. The van der Waals surface area contributed by atoms with Crippen molar-refractivity contribution in [3.05, 3.63) is 0 Å². The van der Waals surface area contributed by atoms with E-state index in [0.717, 1.165) is 32.0 Å². The van der Waals surface area contributed by atoms with E-state index >= 15 is 0 Å². The van der Waals surface area contributed by atoms with Crippen LogP contribution in [0.4, 0.5) is 0 Å². The fraction of sp³-hybridized carbons (Fsp3) is 0.909. The molecule has 0 bridgehead atoms. The lowest BCUT2D eigenvalue weighted by molar-refractivity contribution is -0.143. The summed E-state index contributed by atoms with van der Waals surface area (Å²) in [7, 11) is 0. The normalized spacial score (nSPS) is 27.5. The Morgan fingerprint density at radius 1 is 1.29 bits per heavy atom. The highest BCUT2D eigenvalue weighted by Crippen LogP contribution is 2.32. The van der Waals surface area contributed by atoms with Gasteiger partial charge in [-0.25, -0.2) is 0 Å². The van der Waals surface area contributed by atoms with E-state index in [1.54, 1.807) is 0 Å². The molecule has 0 aromatic heterocycles. The third-order valence-electron chi connectivity index (χ3n) is 3.73. The maximum Gasteiger partial charge on any atom is 0.306 e. The first kappa shape index (κ1) is 9.97. The van der Waals surface area contributed by atoms with Crippen molar-refractivity contribution >= 4 is 5.97 Å². The van der Waals surface area contributed by atoms with E-state index in [1.165, 1.54) is 12.8 Å². The van der Waals surface area contributed by atoms with Crippen LogP contribution in [-0.4, -0.2) is 35.1 Å². The van der Waals surface area contributed by atoms with E-state index < -0.39 is 5.97 Å². The van der Waals surface area contributed by atoms with Crippen molar-refractivity contribution in [2.45, 2.75) is 38.6 Å². The Labute approximate surface area is 85.1 Å². The summed E-state index contributed by atoms with van der Waals surface area (Å²) in [6.07, 6.45) is 4.87. The van der Waals surface area contributed by atoms with Crippen LogP contribution in [0.15, 0.2) is 0 Å². The second kappa shape index (κ2) is 3.89. The maximum atomic E-state index is 10.8. The van der Waals surface area contributed by atoms with Crippen molar-refractivity contribution < 1.29 is 9.90 Å². The van der Waals surface area contributed by atoms with Gasteiger partial charge in [-0.1, -0.05) is 6.92 Å². The van der Waals surface area contributed by atoms with Crippen LogP contribution in [0.1, 0.15) is 32.6 Å². The third kappa shape index (κ3) is 2.08. The average molecular weight is 197 g/mol. The third-order valence-corrected chi connectivity index (χ3v) is 3.73. The molecule has 0 aromatic rings. The molecule has 1 N–H and O–H groups in total. The summed E-state index contributed by atoms with van der Waals surface area (Å²) in [4.78, 5) is 13.3. The number of hydrogen-bond acceptors (Lipinski definition) is 2. The van der Waals surface area contributed by atoms with E-state index in [0.29, 0.717) is 5.92 Å². The molecule has 1 saturated heterocycles. The van der Waals surface area contributed by atoms with Crippen LogP contribution >= 0.6 is 0 Å². The average Bonchev–Trinajstić information content (AvgIpc) is 3.00. The van der Waals surface area contributed by atoms with E-state index in [-0.39, 0.29) is 5.92 Å². The summed E-state index contributed by atoms with van der Waals surface area (Å²) in [5.74, 6) is -0.381. The summed E-state index contributed by atoms with van der Waals surface area (Å²) in [5.41, 5.74) is 0. The lowest BCUT2D eigenvalue weighted by atomic mass is 9.85. The van der Waals surface area contributed by atoms with Crippen LogP contribution < -0.4 is 0 Å². The summed E-state index contributed by atoms with van der Waals surface area (Å²) < 4.78 is 0. The van der Waals surface area contributed by atoms with E-state index in [2.05, 4.69) is 4.90 Å². The van der Waals surface area contributed by atoms with Crippen molar-refractivity contribution in [3.63, 3.8) is 0 Å². The Morgan fingerprint density at radius 3 is 2.29 bits per heavy atom. The van der Waals surface area contributed by atoms with Crippen LogP contribution in [0, 0.1) is 11.8 Å². The first-order chi connectivity index (χ1) is 6.68. The minimum absolute atomic E-state index is 0.156. The monoisotopic (exact) mass is 197 g/mol. The Balaban J connectivity index is 1.79. The van der Waals surface area contributed by atoms with E-state index in [1.807, 2.05) is 6.92 Å². The van der Waals surface area contributed by atoms with Crippen LogP contribution in [-0.2, 0) is 4.79 Å². The lowest BCUT2D eigenvalue weighted by Gasteiger charge is -2.33. The van der Waals surface area contributed by atoms with Crippen molar-refractivity contribution in [3.8, 4) is 0 Å². The van der Waals surface area contributed by atoms with Gasteiger partial charge in [0.1, 0.15) is 0 Å². The molecule has 3 nitrogen and oxygen atoms in total. The molecular weight excluding hydrogens is 178 g/mol. The lowest BCUT2D eigenvalue weighted by Crippen LogP contribution is -2.38. The molecule has 0 spiro atoms. The highest BCUT2D eigenvalue weighted by molar-refractivity contribution is 5.69. The summed E-state index contributed by atoms with van der Waals surface area (Å²) in [6.45, 7) is 4.08. The van der Waals surface area contributed by atoms with Crippen molar-refractivity contribution in [1.29, 1.82) is 0 Å². The molecule has 0 aromatic carbocycles. The molecule has 1 unspecified atom stereocenters. The van der Waals surface area contributed by atoms with Gasteiger partial charge in [-0.2, -0.15) is 0 Å². The molecule has 1 atom stereocenters. The summed E-state index contributed by atoms with van der Waals surface area (Å²) in [6, 6.07) is 0.844. The standard InChI is InChI=1S/C11H19NO2/c1-8(11(13)14)9-4-6-12(7-5-9)10-2-3-10/h8-10H,2-7H2,1H3,(H,13,14). The second-order valence-electron chi connectivity index (χ2n) is 4.73. The number of aliphatic carboxylic acids is 1. The van der Waals surface area contributed by atoms with Gasteiger partial charge >= 0.3 is 5.97 Å².